The third-order valence-electron chi connectivity index (χ3n) is 3.20. The molecule has 3 rings (SSSR count). The Balaban J connectivity index is 1.79. The van der Waals surface area contributed by atoms with E-state index in [0.29, 0.717) is 11.7 Å². The van der Waals surface area contributed by atoms with E-state index < -0.39 is 0 Å². The quantitative estimate of drug-likeness (QED) is 0.892. The van der Waals surface area contributed by atoms with Gasteiger partial charge >= 0.3 is 0 Å². The Hall–Kier alpha value is -1.14. The number of aromatic nitrogens is 2. The van der Waals surface area contributed by atoms with E-state index in [9.17, 15) is 0 Å². The maximum Gasteiger partial charge on any atom is 0.136 e. The molecule has 2 aromatic rings. The van der Waals surface area contributed by atoms with Crippen LogP contribution in [0.5, 0.6) is 0 Å². The Kier molecular flexibility index (Phi) is 3.45. The number of rotatable bonds is 4. The zero-order valence-corrected chi connectivity index (χ0v) is 13.0. The first-order valence-electron chi connectivity index (χ1n) is 6.25. The molecule has 0 bridgehead atoms. The summed E-state index contributed by atoms with van der Waals surface area (Å²) in [6.07, 6.45) is 2.36. The fraction of sp³-hybridized carbons (Fsp3) is 0.385. The lowest BCUT2D eigenvalue weighted by molar-refractivity contribution is 0.918. The highest BCUT2D eigenvalue weighted by Gasteiger charge is 2.27. The van der Waals surface area contributed by atoms with Gasteiger partial charge in [0.15, 0.2) is 0 Å². The molecule has 0 spiro atoms. The van der Waals surface area contributed by atoms with Crippen LogP contribution in [0.25, 0.3) is 0 Å². The topological polar surface area (TPSA) is 63.8 Å². The van der Waals surface area contributed by atoms with Crippen molar-refractivity contribution in [2.75, 3.05) is 11.1 Å². The van der Waals surface area contributed by atoms with E-state index in [1.807, 2.05) is 6.92 Å². The van der Waals surface area contributed by atoms with Crippen molar-refractivity contribution in [1.82, 2.24) is 9.97 Å². The van der Waals surface area contributed by atoms with Gasteiger partial charge in [0.2, 0.25) is 0 Å². The molecule has 1 aliphatic carbocycles. The molecule has 2 heterocycles. The lowest BCUT2D eigenvalue weighted by Crippen LogP contribution is -2.08. The van der Waals surface area contributed by atoms with Crippen molar-refractivity contribution in [2.24, 2.45) is 0 Å². The number of nitrogens with two attached hydrogens (primary N) is 1. The number of hydrogen-bond acceptors (Lipinski definition) is 5. The van der Waals surface area contributed by atoms with E-state index in [0.717, 1.165) is 27.5 Å². The summed E-state index contributed by atoms with van der Waals surface area (Å²) < 4.78 is 1.14. The highest BCUT2D eigenvalue weighted by atomic mass is 79.9. The molecule has 3 N–H and O–H groups in total. The van der Waals surface area contributed by atoms with Crippen molar-refractivity contribution in [3.8, 4) is 0 Å². The third kappa shape index (κ3) is 2.90. The molecular weight excluding hydrogens is 324 g/mol. The summed E-state index contributed by atoms with van der Waals surface area (Å²) in [5, 5.41) is 3.36. The second-order valence-corrected chi connectivity index (χ2v) is 7.32. The van der Waals surface area contributed by atoms with Crippen LogP contribution >= 0.6 is 27.3 Å². The van der Waals surface area contributed by atoms with Gasteiger partial charge in [-0.1, -0.05) is 0 Å². The first-order valence-corrected chi connectivity index (χ1v) is 7.86. The lowest BCUT2D eigenvalue weighted by Gasteiger charge is -2.11. The van der Waals surface area contributed by atoms with E-state index in [1.54, 1.807) is 11.3 Å². The van der Waals surface area contributed by atoms with Gasteiger partial charge in [-0.15, -0.1) is 11.3 Å². The number of nitrogens with one attached hydrogen (secondary N) is 1. The standard InChI is InChI=1S/C13H15BrN4S/c1-7-11(15)17-13(8-2-3-8)18-12(7)16-6-9-4-5-10(14)19-9/h4-5,8H,2-3,6H2,1H3,(H3,15,16,17,18). The number of anilines is 2. The largest absolute Gasteiger partial charge is 0.383 e. The van der Waals surface area contributed by atoms with Gasteiger partial charge in [0.05, 0.1) is 10.3 Å². The molecule has 0 unspecified atom stereocenters. The predicted molar refractivity (Wildman–Crippen MR) is 82.5 cm³/mol. The van der Waals surface area contributed by atoms with Crippen LogP contribution < -0.4 is 11.1 Å². The second-order valence-electron chi connectivity index (χ2n) is 4.77. The maximum atomic E-state index is 5.96. The summed E-state index contributed by atoms with van der Waals surface area (Å²) in [5.74, 6) is 2.85. The maximum absolute atomic E-state index is 5.96. The second kappa shape index (κ2) is 5.09. The van der Waals surface area contributed by atoms with Crippen molar-refractivity contribution >= 4 is 38.9 Å². The van der Waals surface area contributed by atoms with Crippen LogP contribution in [0.1, 0.15) is 35.0 Å². The van der Waals surface area contributed by atoms with E-state index >= 15 is 0 Å². The molecule has 2 aromatic heterocycles. The molecule has 1 aliphatic rings. The monoisotopic (exact) mass is 338 g/mol. The van der Waals surface area contributed by atoms with Gasteiger partial charge in [0.1, 0.15) is 17.5 Å². The van der Waals surface area contributed by atoms with Gasteiger partial charge in [-0.25, -0.2) is 9.97 Å². The average Bonchev–Trinajstić information content (AvgIpc) is 3.15. The van der Waals surface area contributed by atoms with Crippen molar-refractivity contribution < 1.29 is 0 Å². The van der Waals surface area contributed by atoms with Crippen LogP contribution in [-0.4, -0.2) is 9.97 Å². The summed E-state index contributed by atoms with van der Waals surface area (Å²) in [6, 6.07) is 4.15. The van der Waals surface area contributed by atoms with Crippen molar-refractivity contribution in [3.63, 3.8) is 0 Å². The Bertz CT molecular complexity index is 607. The zero-order chi connectivity index (χ0) is 13.4. The van der Waals surface area contributed by atoms with E-state index in [4.69, 9.17) is 5.73 Å². The number of thiophene rings is 1. The number of hydrogen-bond donors (Lipinski definition) is 2. The summed E-state index contributed by atoms with van der Waals surface area (Å²) in [5.41, 5.74) is 6.89. The summed E-state index contributed by atoms with van der Waals surface area (Å²) in [7, 11) is 0. The van der Waals surface area contributed by atoms with Gasteiger partial charge < -0.3 is 11.1 Å². The highest BCUT2D eigenvalue weighted by Crippen LogP contribution is 2.39. The number of halogens is 1. The summed E-state index contributed by atoms with van der Waals surface area (Å²) >= 11 is 5.19. The van der Waals surface area contributed by atoms with Crippen LogP contribution in [-0.2, 0) is 6.54 Å². The molecule has 0 aromatic carbocycles. The van der Waals surface area contributed by atoms with Gasteiger partial charge in [-0.3, -0.25) is 0 Å². The third-order valence-corrected chi connectivity index (χ3v) is 4.83. The van der Waals surface area contributed by atoms with Crippen molar-refractivity contribution in [2.45, 2.75) is 32.2 Å². The molecule has 0 atom stereocenters. The average molecular weight is 339 g/mol. The van der Waals surface area contributed by atoms with E-state index in [1.165, 1.54) is 17.7 Å². The van der Waals surface area contributed by atoms with Crippen molar-refractivity contribution in [1.29, 1.82) is 0 Å². The van der Waals surface area contributed by atoms with Crippen LogP contribution in [0, 0.1) is 6.92 Å². The smallest absolute Gasteiger partial charge is 0.136 e. The Labute approximate surface area is 124 Å². The Morgan fingerprint density at radius 3 is 2.84 bits per heavy atom. The molecule has 6 heteroatoms. The molecule has 100 valence electrons. The van der Waals surface area contributed by atoms with Gasteiger partial charge in [-0.05, 0) is 47.8 Å². The van der Waals surface area contributed by atoms with Gasteiger partial charge in [0, 0.05) is 16.4 Å². The fourth-order valence-corrected chi connectivity index (χ4v) is 3.29. The number of nitrogen functional groups attached to an aromatic ring is 1. The van der Waals surface area contributed by atoms with Crippen LogP contribution in [0.15, 0.2) is 15.9 Å². The first-order chi connectivity index (χ1) is 9.13. The number of nitrogens with zero attached hydrogens (tertiary/aromatic N) is 2. The molecule has 0 amide bonds. The normalized spacial score (nSPS) is 14.6. The fourth-order valence-electron chi connectivity index (χ4n) is 1.87. The minimum absolute atomic E-state index is 0.513. The Morgan fingerprint density at radius 1 is 1.42 bits per heavy atom. The molecular formula is C13H15BrN4S. The van der Waals surface area contributed by atoms with E-state index in [2.05, 4.69) is 43.3 Å². The molecule has 0 aliphatic heterocycles. The Morgan fingerprint density at radius 2 is 2.21 bits per heavy atom. The van der Waals surface area contributed by atoms with Gasteiger partial charge in [0.25, 0.3) is 0 Å². The molecule has 19 heavy (non-hydrogen) atoms. The van der Waals surface area contributed by atoms with Crippen molar-refractivity contribution in [3.05, 3.63) is 32.2 Å². The van der Waals surface area contributed by atoms with Crippen LogP contribution in [0.3, 0.4) is 0 Å². The summed E-state index contributed by atoms with van der Waals surface area (Å²) in [6.45, 7) is 2.72. The van der Waals surface area contributed by atoms with Gasteiger partial charge in [-0.2, -0.15) is 0 Å². The predicted octanol–water partition coefficient (Wildman–Crippen LogP) is 3.68. The molecule has 4 nitrogen and oxygen atoms in total. The summed E-state index contributed by atoms with van der Waals surface area (Å²) in [4.78, 5) is 10.2. The SMILES string of the molecule is Cc1c(N)nc(C2CC2)nc1NCc1ccc(Br)s1. The van der Waals surface area contributed by atoms with E-state index in [-0.39, 0.29) is 0 Å². The minimum Gasteiger partial charge on any atom is -0.383 e. The molecule has 0 radical (unpaired) electrons. The first kappa shape index (κ1) is 12.9. The minimum atomic E-state index is 0.513. The molecule has 0 saturated heterocycles. The molecule has 1 fully saturated rings. The zero-order valence-electron chi connectivity index (χ0n) is 10.6. The van der Waals surface area contributed by atoms with Crippen LogP contribution in [0.2, 0.25) is 0 Å². The highest BCUT2D eigenvalue weighted by molar-refractivity contribution is 9.11. The lowest BCUT2D eigenvalue weighted by atomic mass is 10.3. The van der Waals surface area contributed by atoms with Crippen LogP contribution in [0.4, 0.5) is 11.6 Å². The molecule has 1 saturated carbocycles.